The van der Waals surface area contributed by atoms with E-state index in [0.717, 1.165) is 17.0 Å². The van der Waals surface area contributed by atoms with Crippen molar-refractivity contribution in [3.05, 3.63) is 46.2 Å². The van der Waals surface area contributed by atoms with Gasteiger partial charge in [0.2, 0.25) is 0 Å². The number of benzene rings is 1. The SMILES string of the molecule is CNCc1cc(-c2ccc(OC)cc2)nn(CCOC)c1=O. The van der Waals surface area contributed by atoms with Gasteiger partial charge in [0.15, 0.2) is 0 Å². The zero-order valence-electron chi connectivity index (χ0n) is 13.1. The zero-order chi connectivity index (χ0) is 15.9. The number of methoxy groups -OCH3 is 2. The van der Waals surface area contributed by atoms with E-state index < -0.39 is 0 Å². The summed E-state index contributed by atoms with van der Waals surface area (Å²) in [6, 6.07) is 9.42. The predicted molar refractivity (Wildman–Crippen MR) is 85.1 cm³/mol. The number of hydrogen-bond acceptors (Lipinski definition) is 5. The van der Waals surface area contributed by atoms with Gasteiger partial charge in [-0.15, -0.1) is 0 Å². The Morgan fingerprint density at radius 3 is 2.55 bits per heavy atom. The molecule has 0 saturated heterocycles. The average molecular weight is 303 g/mol. The molecule has 6 heteroatoms. The van der Waals surface area contributed by atoms with E-state index in [1.807, 2.05) is 37.4 Å². The lowest BCUT2D eigenvalue weighted by Crippen LogP contribution is -2.30. The van der Waals surface area contributed by atoms with Gasteiger partial charge >= 0.3 is 0 Å². The molecule has 22 heavy (non-hydrogen) atoms. The fraction of sp³-hybridized carbons (Fsp3) is 0.375. The highest BCUT2D eigenvalue weighted by Gasteiger charge is 2.09. The summed E-state index contributed by atoms with van der Waals surface area (Å²) in [4.78, 5) is 12.3. The summed E-state index contributed by atoms with van der Waals surface area (Å²) in [7, 11) is 5.04. The highest BCUT2D eigenvalue weighted by Crippen LogP contribution is 2.20. The van der Waals surface area contributed by atoms with Crippen molar-refractivity contribution in [3.8, 4) is 17.0 Å². The van der Waals surface area contributed by atoms with E-state index in [1.165, 1.54) is 4.68 Å². The Balaban J connectivity index is 2.44. The van der Waals surface area contributed by atoms with E-state index in [2.05, 4.69) is 10.4 Å². The van der Waals surface area contributed by atoms with Crippen LogP contribution in [0, 0.1) is 0 Å². The molecule has 1 N–H and O–H groups in total. The maximum Gasteiger partial charge on any atom is 0.271 e. The van der Waals surface area contributed by atoms with Crippen LogP contribution in [0.2, 0.25) is 0 Å². The van der Waals surface area contributed by atoms with Crippen LogP contribution in [-0.2, 0) is 17.8 Å². The van der Waals surface area contributed by atoms with E-state index in [4.69, 9.17) is 9.47 Å². The summed E-state index contributed by atoms with van der Waals surface area (Å²) >= 11 is 0. The second-order valence-corrected chi connectivity index (χ2v) is 4.83. The zero-order valence-corrected chi connectivity index (χ0v) is 13.1. The van der Waals surface area contributed by atoms with E-state index in [-0.39, 0.29) is 5.56 Å². The molecule has 0 aliphatic rings. The third-order valence-corrected chi connectivity index (χ3v) is 3.31. The standard InChI is InChI=1S/C16H21N3O3/c1-17-11-13-10-15(12-4-6-14(22-3)7-5-12)18-19(16(13)20)8-9-21-2/h4-7,10,17H,8-9,11H2,1-3H3. The Morgan fingerprint density at radius 1 is 1.23 bits per heavy atom. The first kappa shape index (κ1) is 16.2. The monoisotopic (exact) mass is 303 g/mol. The molecule has 0 aliphatic carbocycles. The van der Waals surface area contributed by atoms with Crippen LogP contribution in [0.25, 0.3) is 11.3 Å². The van der Waals surface area contributed by atoms with Gasteiger partial charge in [0.25, 0.3) is 5.56 Å². The fourth-order valence-electron chi connectivity index (χ4n) is 2.15. The molecule has 0 spiro atoms. The molecule has 1 aromatic heterocycles. The van der Waals surface area contributed by atoms with Crippen LogP contribution in [-0.4, -0.2) is 37.7 Å². The number of nitrogens with one attached hydrogen (secondary N) is 1. The van der Waals surface area contributed by atoms with Crippen LogP contribution in [0.4, 0.5) is 0 Å². The highest BCUT2D eigenvalue weighted by molar-refractivity contribution is 5.60. The maximum absolute atomic E-state index is 12.3. The minimum Gasteiger partial charge on any atom is -0.497 e. The van der Waals surface area contributed by atoms with Crippen molar-refractivity contribution in [3.63, 3.8) is 0 Å². The van der Waals surface area contributed by atoms with Crippen LogP contribution < -0.4 is 15.6 Å². The third-order valence-electron chi connectivity index (χ3n) is 3.31. The lowest BCUT2D eigenvalue weighted by molar-refractivity contribution is 0.182. The van der Waals surface area contributed by atoms with Gasteiger partial charge in [-0.2, -0.15) is 5.10 Å². The molecule has 2 rings (SSSR count). The van der Waals surface area contributed by atoms with Gasteiger partial charge in [-0.25, -0.2) is 4.68 Å². The molecule has 0 saturated carbocycles. The van der Waals surface area contributed by atoms with Crippen molar-refractivity contribution in [1.82, 2.24) is 15.1 Å². The Hall–Kier alpha value is -2.18. The summed E-state index contributed by atoms with van der Waals surface area (Å²) in [5.74, 6) is 0.784. The minimum absolute atomic E-state index is 0.0938. The number of nitrogens with zero attached hydrogens (tertiary/aromatic N) is 2. The average Bonchev–Trinajstić information content (AvgIpc) is 2.56. The quantitative estimate of drug-likeness (QED) is 0.835. The van der Waals surface area contributed by atoms with Crippen molar-refractivity contribution in [1.29, 1.82) is 0 Å². The lowest BCUT2D eigenvalue weighted by atomic mass is 10.1. The second kappa shape index (κ2) is 7.72. The van der Waals surface area contributed by atoms with E-state index in [0.29, 0.717) is 25.3 Å². The molecule has 0 amide bonds. The molecular weight excluding hydrogens is 282 g/mol. The van der Waals surface area contributed by atoms with E-state index >= 15 is 0 Å². The van der Waals surface area contributed by atoms with Crippen LogP contribution in [0.3, 0.4) is 0 Å². The number of rotatable bonds is 7. The van der Waals surface area contributed by atoms with E-state index in [9.17, 15) is 4.79 Å². The highest BCUT2D eigenvalue weighted by atomic mass is 16.5. The second-order valence-electron chi connectivity index (χ2n) is 4.83. The lowest BCUT2D eigenvalue weighted by Gasteiger charge is -2.11. The van der Waals surface area contributed by atoms with Gasteiger partial charge < -0.3 is 14.8 Å². The molecule has 0 bridgehead atoms. The van der Waals surface area contributed by atoms with Crippen LogP contribution in [0.15, 0.2) is 35.1 Å². The van der Waals surface area contributed by atoms with Gasteiger partial charge in [0.1, 0.15) is 5.75 Å². The van der Waals surface area contributed by atoms with Gasteiger partial charge in [-0.1, -0.05) is 0 Å². The van der Waals surface area contributed by atoms with Crippen molar-refractivity contribution < 1.29 is 9.47 Å². The Bertz CT molecular complexity index is 665. The molecular formula is C16H21N3O3. The van der Waals surface area contributed by atoms with Crippen LogP contribution in [0.5, 0.6) is 5.75 Å². The summed E-state index contributed by atoms with van der Waals surface area (Å²) < 4.78 is 11.7. The minimum atomic E-state index is -0.0938. The first-order valence-electron chi connectivity index (χ1n) is 7.08. The molecule has 0 fully saturated rings. The van der Waals surface area contributed by atoms with Crippen LogP contribution in [0.1, 0.15) is 5.56 Å². The molecule has 0 unspecified atom stereocenters. The molecule has 2 aromatic rings. The van der Waals surface area contributed by atoms with Gasteiger partial charge in [-0.05, 0) is 37.4 Å². The number of hydrogen-bond donors (Lipinski definition) is 1. The number of ether oxygens (including phenoxy) is 2. The molecule has 0 atom stereocenters. The van der Waals surface area contributed by atoms with E-state index in [1.54, 1.807) is 14.2 Å². The van der Waals surface area contributed by atoms with Crippen molar-refractivity contribution in [2.24, 2.45) is 0 Å². The molecule has 1 aromatic carbocycles. The van der Waals surface area contributed by atoms with Gasteiger partial charge in [-0.3, -0.25) is 4.79 Å². The molecule has 0 radical (unpaired) electrons. The largest absolute Gasteiger partial charge is 0.497 e. The van der Waals surface area contributed by atoms with Gasteiger partial charge in [0, 0.05) is 24.8 Å². The number of aromatic nitrogens is 2. The predicted octanol–water partition coefficient (Wildman–Crippen LogP) is 1.28. The Kier molecular flexibility index (Phi) is 5.68. The van der Waals surface area contributed by atoms with Gasteiger partial charge in [0.05, 0.1) is 26.0 Å². The summed E-state index contributed by atoms with van der Waals surface area (Å²) in [6.45, 7) is 1.37. The topological polar surface area (TPSA) is 65.4 Å². The molecule has 118 valence electrons. The first-order valence-corrected chi connectivity index (χ1v) is 7.08. The Morgan fingerprint density at radius 2 is 1.95 bits per heavy atom. The van der Waals surface area contributed by atoms with Crippen molar-refractivity contribution in [2.75, 3.05) is 27.9 Å². The first-order chi connectivity index (χ1) is 10.7. The van der Waals surface area contributed by atoms with Crippen molar-refractivity contribution >= 4 is 0 Å². The summed E-state index contributed by atoms with van der Waals surface area (Å²) in [6.07, 6.45) is 0. The fourth-order valence-corrected chi connectivity index (χ4v) is 2.15. The molecule has 6 nitrogen and oxygen atoms in total. The Labute approximate surface area is 129 Å². The smallest absolute Gasteiger partial charge is 0.271 e. The maximum atomic E-state index is 12.3. The molecule has 1 heterocycles. The third kappa shape index (κ3) is 3.72. The molecule has 0 aliphatic heterocycles. The summed E-state index contributed by atoms with van der Waals surface area (Å²) in [5.41, 5.74) is 2.27. The summed E-state index contributed by atoms with van der Waals surface area (Å²) in [5, 5.41) is 7.45. The normalized spacial score (nSPS) is 10.7. The van der Waals surface area contributed by atoms with Crippen molar-refractivity contribution in [2.45, 2.75) is 13.1 Å². The van der Waals surface area contributed by atoms with Crippen LogP contribution >= 0.6 is 0 Å².